The van der Waals surface area contributed by atoms with Crippen molar-refractivity contribution in [3.05, 3.63) is 0 Å². The first-order chi connectivity index (χ1) is 7.47. The lowest BCUT2D eigenvalue weighted by Gasteiger charge is -2.30. The van der Waals surface area contributed by atoms with E-state index in [1.165, 1.54) is 0 Å². The van der Waals surface area contributed by atoms with Crippen LogP contribution in [0.1, 0.15) is 0 Å². The first-order valence-electron chi connectivity index (χ1n) is 5.19. The van der Waals surface area contributed by atoms with Gasteiger partial charge in [-0.2, -0.15) is 13.2 Å². The van der Waals surface area contributed by atoms with Crippen molar-refractivity contribution in [1.82, 2.24) is 10.2 Å². The molecule has 0 amide bonds. The molecule has 1 unspecified atom stereocenters. The number of hydrogen-bond acceptors (Lipinski definition) is 4. The third-order valence-electron chi connectivity index (χ3n) is 2.26. The summed E-state index contributed by atoms with van der Waals surface area (Å²) in [6, 6.07) is 0. The summed E-state index contributed by atoms with van der Waals surface area (Å²) >= 11 is 0.00699. The van der Waals surface area contributed by atoms with E-state index in [4.69, 9.17) is 4.74 Å². The van der Waals surface area contributed by atoms with Gasteiger partial charge in [0.2, 0.25) is 0 Å². The van der Waals surface area contributed by atoms with E-state index < -0.39 is 5.51 Å². The number of hydrogen-bond donors (Lipinski definition) is 1. The van der Waals surface area contributed by atoms with Crippen LogP contribution in [0.5, 0.6) is 0 Å². The summed E-state index contributed by atoms with van der Waals surface area (Å²) < 4.78 is 40.8. The summed E-state index contributed by atoms with van der Waals surface area (Å²) in [6.45, 7) is 3.41. The van der Waals surface area contributed by atoms with Crippen molar-refractivity contribution in [3.8, 4) is 0 Å². The Morgan fingerprint density at radius 1 is 1.50 bits per heavy atom. The van der Waals surface area contributed by atoms with Gasteiger partial charge in [-0.15, -0.1) is 0 Å². The zero-order valence-electron chi connectivity index (χ0n) is 9.22. The second-order valence-electron chi connectivity index (χ2n) is 3.75. The fourth-order valence-corrected chi connectivity index (χ4v) is 1.97. The van der Waals surface area contributed by atoms with Gasteiger partial charge in [0.05, 0.1) is 12.7 Å². The van der Waals surface area contributed by atoms with E-state index in [0.29, 0.717) is 19.7 Å². The van der Waals surface area contributed by atoms with Crippen molar-refractivity contribution in [3.63, 3.8) is 0 Å². The average Bonchev–Trinajstić information content (AvgIpc) is 2.15. The lowest BCUT2D eigenvalue weighted by Crippen LogP contribution is -2.45. The second-order valence-corrected chi connectivity index (χ2v) is 4.91. The van der Waals surface area contributed by atoms with Gasteiger partial charge in [-0.1, -0.05) is 0 Å². The van der Waals surface area contributed by atoms with E-state index in [2.05, 4.69) is 10.2 Å². The van der Waals surface area contributed by atoms with Crippen LogP contribution in [0.2, 0.25) is 0 Å². The zero-order valence-corrected chi connectivity index (χ0v) is 10.0. The summed E-state index contributed by atoms with van der Waals surface area (Å²) in [7, 11) is 2.01. The maximum Gasteiger partial charge on any atom is 0.441 e. The number of alkyl halides is 3. The Bertz CT molecular complexity index is 204. The van der Waals surface area contributed by atoms with Crippen molar-refractivity contribution in [2.45, 2.75) is 11.6 Å². The second kappa shape index (κ2) is 6.68. The maximum absolute atomic E-state index is 11.8. The third-order valence-corrected chi connectivity index (χ3v) is 2.99. The van der Waals surface area contributed by atoms with E-state index in [-0.39, 0.29) is 23.6 Å². The van der Waals surface area contributed by atoms with Crippen LogP contribution in [0.15, 0.2) is 0 Å². The molecule has 1 fully saturated rings. The van der Waals surface area contributed by atoms with Gasteiger partial charge in [-0.3, -0.25) is 0 Å². The SMILES string of the molecule is CN1CCOC(CNCCSC(F)(F)F)C1. The Kier molecular flexibility index (Phi) is 5.88. The summed E-state index contributed by atoms with van der Waals surface area (Å²) in [4.78, 5) is 2.15. The molecule has 96 valence electrons. The maximum atomic E-state index is 11.8. The molecular formula is C9H17F3N2OS. The standard InChI is InChI=1S/C9H17F3N2OS/c1-14-3-4-15-8(7-14)6-13-2-5-16-9(10,11)12/h8,13H,2-7H2,1H3. The fourth-order valence-electron chi connectivity index (χ4n) is 1.49. The van der Waals surface area contributed by atoms with Gasteiger partial charge in [0.1, 0.15) is 0 Å². The number of nitrogens with one attached hydrogen (secondary N) is 1. The molecule has 1 heterocycles. The minimum atomic E-state index is -4.12. The highest BCUT2D eigenvalue weighted by molar-refractivity contribution is 8.00. The molecule has 1 atom stereocenters. The number of nitrogens with zero attached hydrogens (tertiary/aromatic N) is 1. The molecule has 0 aliphatic carbocycles. The molecule has 1 aliphatic rings. The topological polar surface area (TPSA) is 24.5 Å². The highest BCUT2D eigenvalue weighted by Gasteiger charge is 2.27. The minimum Gasteiger partial charge on any atom is -0.374 e. The third kappa shape index (κ3) is 6.57. The van der Waals surface area contributed by atoms with Gasteiger partial charge in [0.15, 0.2) is 0 Å². The Labute approximate surface area is 97.7 Å². The molecule has 1 saturated heterocycles. The molecule has 0 aromatic heterocycles. The van der Waals surface area contributed by atoms with Crippen LogP contribution in [-0.2, 0) is 4.74 Å². The molecule has 3 nitrogen and oxygen atoms in total. The van der Waals surface area contributed by atoms with Crippen molar-refractivity contribution in [2.75, 3.05) is 45.6 Å². The average molecular weight is 258 g/mol. The number of halogens is 3. The summed E-state index contributed by atoms with van der Waals surface area (Å²) in [5.41, 5.74) is -4.12. The first kappa shape index (κ1) is 14.1. The molecule has 0 spiro atoms. The monoisotopic (exact) mass is 258 g/mol. The van der Waals surface area contributed by atoms with E-state index >= 15 is 0 Å². The smallest absolute Gasteiger partial charge is 0.374 e. The fraction of sp³-hybridized carbons (Fsp3) is 1.00. The van der Waals surface area contributed by atoms with Gasteiger partial charge < -0.3 is 15.0 Å². The molecule has 0 aromatic rings. The lowest BCUT2D eigenvalue weighted by atomic mass is 10.3. The highest BCUT2D eigenvalue weighted by atomic mass is 32.2. The van der Waals surface area contributed by atoms with E-state index in [0.717, 1.165) is 13.1 Å². The van der Waals surface area contributed by atoms with Crippen LogP contribution in [0.4, 0.5) is 13.2 Å². The van der Waals surface area contributed by atoms with Crippen molar-refractivity contribution >= 4 is 11.8 Å². The molecule has 1 N–H and O–H groups in total. The van der Waals surface area contributed by atoms with E-state index in [1.54, 1.807) is 0 Å². The van der Waals surface area contributed by atoms with Gasteiger partial charge in [0, 0.05) is 31.9 Å². The van der Waals surface area contributed by atoms with Crippen LogP contribution in [0.3, 0.4) is 0 Å². The lowest BCUT2D eigenvalue weighted by molar-refractivity contribution is -0.0328. The minimum absolute atomic E-state index is 0.00699. The van der Waals surface area contributed by atoms with Gasteiger partial charge >= 0.3 is 5.51 Å². The number of thioether (sulfide) groups is 1. The van der Waals surface area contributed by atoms with Crippen molar-refractivity contribution in [1.29, 1.82) is 0 Å². The Hall–Kier alpha value is 0.0200. The van der Waals surface area contributed by atoms with Crippen LogP contribution in [0, 0.1) is 0 Å². The van der Waals surface area contributed by atoms with Crippen LogP contribution in [-0.4, -0.2) is 62.1 Å². The summed E-state index contributed by atoms with van der Waals surface area (Å²) in [6.07, 6.45) is 0.0923. The van der Waals surface area contributed by atoms with Crippen LogP contribution >= 0.6 is 11.8 Å². The molecule has 16 heavy (non-hydrogen) atoms. The normalized spacial score (nSPS) is 23.6. The van der Waals surface area contributed by atoms with Gasteiger partial charge in [-0.25, -0.2) is 0 Å². The number of morpholine rings is 1. The zero-order chi connectivity index (χ0) is 12.0. The molecule has 0 radical (unpaired) electrons. The first-order valence-corrected chi connectivity index (χ1v) is 6.17. The molecule has 0 saturated carbocycles. The largest absolute Gasteiger partial charge is 0.441 e. The molecule has 7 heteroatoms. The Morgan fingerprint density at radius 2 is 2.25 bits per heavy atom. The highest BCUT2D eigenvalue weighted by Crippen LogP contribution is 2.29. The van der Waals surface area contributed by atoms with Crippen molar-refractivity contribution < 1.29 is 17.9 Å². The van der Waals surface area contributed by atoms with Gasteiger partial charge in [0.25, 0.3) is 0 Å². The van der Waals surface area contributed by atoms with Crippen LogP contribution < -0.4 is 5.32 Å². The number of likely N-dealkylation sites (N-methyl/N-ethyl adjacent to an activating group) is 1. The summed E-state index contributed by atoms with van der Waals surface area (Å²) in [5.74, 6) is 0.0477. The summed E-state index contributed by atoms with van der Waals surface area (Å²) in [5, 5.41) is 2.98. The molecule has 0 bridgehead atoms. The predicted octanol–water partition coefficient (Wildman–Crippen LogP) is 1.16. The predicted molar refractivity (Wildman–Crippen MR) is 58.6 cm³/mol. The quantitative estimate of drug-likeness (QED) is 0.748. The van der Waals surface area contributed by atoms with Crippen molar-refractivity contribution in [2.24, 2.45) is 0 Å². The Balaban J connectivity index is 1.98. The van der Waals surface area contributed by atoms with E-state index in [9.17, 15) is 13.2 Å². The molecule has 1 aliphatic heterocycles. The number of ether oxygens (including phenoxy) is 1. The molecular weight excluding hydrogens is 241 g/mol. The molecule has 1 rings (SSSR count). The van der Waals surface area contributed by atoms with Crippen LogP contribution in [0.25, 0.3) is 0 Å². The van der Waals surface area contributed by atoms with Gasteiger partial charge in [-0.05, 0) is 18.8 Å². The molecule has 0 aromatic carbocycles. The van der Waals surface area contributed by atoms with E-state index in [1.807, 2.05) is 7.05 Å². The Morgan fingerprint density at radius 3 is 2.88 bits per heavy atom. The number of rotatable bonds is 5.